The molecule has 0 saturated heterocycles. The number of hydrogen-bond donors (Lipinski definition) is 3. The Labute approximate surface area is 176 Å². The van der Waals surface area contributed by atoms with E-state index in [1.54, 1.807) is 0 Å². The van der Waals surface area contributed by atoms with Crippen molar-refractivity contribution in [1.82, 2.24) is 0 Å². The first kappa shape index (κ1) is 23.2. The van der Waals surface area contributed by atoms with Gasteiger partial charge in [-0.05, 0) is 54.3 Å². The Bertz CT molecular complexity index is 708. The summed E-state index contributed by atoms with van der Waals surface area (Å²) in [6.07, 6.45) is 0.280. The number of guanidine groups is 1. The number of rotatable bonds is 8. The van der Waals surface area contributed by atoms with E-state index >= 15 is 0 Å². The van der Waals surface area contributed by atoms with Gasteiger partial charge in [0.15, 0.2) is 5.96 Å². The average Bonchev–Trinajstić information content (AvgIpc) is 2.66. The molecule has 5 nitrogen and oxygen atoms in total. The van der Waals surface area contributed by atoms with Crippen LogP contribution in [0.25, 0.3) is 0 Å². The van der Waals surface area contributed by atoms with Gasteiger partial charge in [0.1, 0.15) is 24.3 Å². The third-order valence-electron chi connectivity index (χ3n) is 4.09. The number of nitrogens with two attached hydrogens (primary N) is 1. The Morgan fingerprint density at radius 2 is 1.81 bits per heavy atom. The van der Waals surface area contributed by atoms with E-state index in [1.807, 2.05) is 12.1 Å². The third kappa shape index (κ3) is 8.13. The minimum atomic E-state index is -0.812. The first-order valence-corrected chi connectivity index (χ1v) is 8.71. The van der Waals surface area contributed by atoms with Crippen LogP contribution in [0.3, 0.4) is 0 Å². The molecule has 27 heavy (non-hydrogen) atoms. The second kappa shape index (κ2) is 11.8. The van der Waals surface area contributed by atoms with E-state index in [4.69, 9.17) is 10.5 Å². The van der Waals surface area contributed by atoms with Crippen LogP contribution in [0.2, 0.25) is 0 Å². The molecule has 0 saturated carbocycles. The van der Waals surface area contributed by atoms with E-state index in [0.717, 1.165) is 12.1 Å². The van der Waals surface area contributed by atoms with Crippen molar-refractivity contribution < 1.29 is 14.2 Å². The molecule has 0 aliphatic carbocycles. The monoisotopic (exact) mass is 487 g/mol. The van der Waals surface area contributed by atoms with Gasteiger partial charge < -0.3 is 20.9 Å². The fourth-order valence-corrected chi connectivity index (χ4v) is 2.30. The van der Waals surface area contributed by atoms with Crippen LogP contribution in [0.15, 0.2) is 53.5 Å². The quantitative estimate of drug-likeness (QED) is 0.297. The van der Waals surface area contributed by atoms with Crippen LogP contribution in [-0.4, -0.2) is 30.3 Å². The number of nitrogens with zero attached hydrogens (tertiary/aromatic N) is 1. The summed E-state index contributed by atoms with van der Waals surface area (Å²) in [6.45, 7) is 4.50. The highest BCUT2D eigenvalue weighted by molar-refractivity contribution is 14.0. The number of benzene rings is 2. The van der Waals surface area contributed by atoms with Gasteiger partial charge in [-0.3, -0.25) is 4.99 Å². The van der Waals surface area contributed by atoms with Gasteiger partial charge in [-0.1, -0.05) is 26.0 Å². The molecule has 0 heterocycles. The molecule has 0 aliphatic rings. The lowest BCUT2D eigenvalue weighted by atomic mass is 9.99. The molecule has 2 rings (SSSR count). The normalized spacial score (nSPS) is 13.4. The van der Waals surface area contributed by atoms with Crippen LogP contribution in [0.1, 0.15) is 31.7 Å². The van der Waals surface area contributed by atoms with Gasteiger partial charge >= 0.3 is 0 Å². The minimum absolute atomic E-state index is 0. The maximum Gasteiger partial charge on any atom is 0.193 e. The predicted octanol–water partition coefficient (Wildman–Crippen LogP) is 4.12. The summed E-state index contributed by atoms with van der Waals surface area (Å²) >= 11 is 0. The van der Waals surface area contributed by atoms with E-state index in [9.17, 15) is 9.50 Å². The van der Waals surface area contributed by atoms with Gasteiger partial charge in [-0.2, -0.15) is 0 Å². The molecule has 0 radical (unpaired) electrons. The van der Waals surface area contributed by atoms with Gasteiger partial charge in [0.25, 0.3) is 0 Å². The Morgan fingerprint density at radius 3 is 2.41 bits per heavy atom. The molecule has 2 unspecified atom stereocenters. The standard InChI is InChI=1S/C20H26FN3O2.HI/c1-3-14(2)15-4-8-17(9-5-15)24-20(22)23-12-18(25)13-26-19-10-6-16(21)7-11-19;/h4-11,14,18,25H,3,12-13H2,1-2H3,(H3,22,23,24);1H. The van der Waals surface area contributed by atoms with Gasteiger partial charge in [0.05, 0.1) is 6.54 Å². The zero-order valence-electron chi connectivity index (χ0n) is 15.6. The zero-order valence-corrected chi connectivity index (χ0v) is 17.9. The van der Waals surface area contributed by atoms with Gasteiger partial charge in [0, 0.05) is 5.69 Å². The van der Waals surface area contributed by atoms with E-state index in [-0.39, 0.29) is 48.9 Å². The average molecular weight is 487 g/mol. The van der Waals surface area contributed by atoms with Crippen molar-refractivity contribution in [3.8, 4) is 5.75 Å². The lowest BCUT2D eigenvalue weighted by Gasteiger charge is -2.12. The second-order valence-corrected chi connectivity index (χ2v) is 6.20. The zero-order chi connectivity index (χ0) is 18.9. The maximum atomic E-state index is 12.8. The van der Waals surface area contributed by atoms with Crippen LogP contribution in [0, 0.1) is 5.82 Å². The lowest BCUT2D eigenvalue weighted by Crippen LogP contribution is -2.27. The van der Waals surface area contributed by atoms with Crippen LogP contribution in [0.5, 0.6) is 5.75 Å². The van der Waals surface area contributed by atoms with E-state index in [1.165, 1.54) is 29.8 Å². The van der Waals surface area contributed by atoms with Crippen LogP contribution in [-0.2, 0) is 0 Å². The number of nitrogens with one attached hydrogen (secondary N) is 1. The molecular weight excluding hydrogens is 460 g/mol. The lowest BCUT2D eigenvalue weighted by molar-refractivity contribution is 0.114. The Kier molecular flexibility index (Phi) is 10.1. The topological polar surface area (TPSA) is 79.9 Å². The highest BCUT2D eigenvalue weighted by Crippen LogP contribution is 2.20. The summed E-state index contributed by atoms with van der Waals surface area (Å²) in [4.78, 5) is 4.11. The fraction of sp³-hybridized carbons (Fsp3) is 0.350. The second-order valence-electron chi connectivity index (χ2n) is 6.20. The summed E-state index contributed by atoms with van der Waals surface area (Å²) in [7, 11) is 0. The number of anilines is 1. The molecule has 7 heteroatoms. The highest BCUT2D eigenvalue weighted by Gasteiger charge is 2.06. The number of halogens is 2. The van der Waals surface area contributed by atoms with Crippen LogP contribution in [0.4, 0.5) is 10.1 Å². The van der Waals surface area contributed by atoms with Gasteiger partial charge in [0.2, 0.25) is 0 Å². The molecule has 4 N–H and O–H groups in total. The van der Waals surface area contributed by atoms with E-state index < -0.39 is 6.10 Å². The van der Waals surface area contributed by atoms with Crippen molar-refractivity contribution >= 4 is 35.6 Å². The Hall–Kier alpha value is -1.87. The number of hydrogen-bond acceptors (Lipinski definition) is 3. The molecule has 2 atom stereocenters. The van der Waals surface area contributed by atoms with Crippen molar-refractivity contribution in [3.63, 3.8) is 0 Å². The molecular formula is C20H27FIN3O2. The fourth-order valence-electron chi connectivity index (χ4n) is 2.30. The van der Waals surface area contributed by atoms with Gasteiger partial charge in [-0.25, -0.2) is 4.39 Å². The van der Waals surface area contributed by atoms with Crippen molar-refractivity contribution in [2.24, 2.45) is 10.7 Å². The molecule has 0 amide bonds. The number of aliphatic hydroxyl groups excluding tert-OH is 1. The molecule has 0 spiro atoms. The van der Waals surface area contributed by atoms with Crippen molar-refractivity contribution in [3.05, 3.63) is 59.9 Å². The molecule has 0 fully saturated rings. The van der Waals surface area contributed by atoms with Crippen LogP contribution < -0.4 is 15.8 Å². The Morgan fingerprint density at radius 1 is 1.19 bits per heavy atom. The first-order valence-electron chi connectivity index (χ1n) is 8.71. The van der Waals surface area contributed by atoms with Crippen molar-refractivity contribution in [1.29, 1.82) is 0 Å². The van der Waals surface area contributed by atoms with E-state index in [0.29, 0.717) is 11.7 Å². The highest BCUT2D eigenvalue weighted by atomic mass is 127. The summed E-state index contributed by atoms with van der Waals surface area (Å²) in [5, 5.41) is 12.9. The SMILES string of the molecule is CCC(C)c1ccc(NC(N)=NCC(O)COc2ccc(F)cc2)cc1.I. The summed E-state index contributed by atoms with van der Waals surface area (Å²) in [5.41, 5.74) is 7.97. The smallest absolute Gasteiger partial charge is 0.193 e. The number of ether oxygens (including phenoxy) is 1. The summed E-state index contributed by atoms with van der Waals surface area (Å²) < 4.78 is 18.2. The minimum Gasteiger partial charge on any atom is -0.491 e. The van der Waals surface area contributed by atoms with Gasteiger partial charge in [-0.15, -0.1) is 24.0 Å². The molecule has 0 aromatic heterocycles. The Balaban J connectivity index is 0.00000364. The summed E-state index contributed by atoms with van der Waals surface area (Å²) in [6, 6.07) is 13.7. The predicted molar refractivity (Wildman–Crippen MR) is 119 cm³/mol. The number of aliphatic hydroxyl groups is 1. The molecule has 148 valence electrons. The van der Waals surface area contributed by atoms with Crippen molar-refractivity contribution in [2.45, 2.75) is 32.3 Å². The largest absolute Gasteiger partial charge is 0.491 e. The number of aliphatic imine (C=N–C) groups is 1. The summed E-state index contributed by atoms with van der Waals surface area (Å²) in [5.74, 6) is 0.897. The molecule has 2 aromatic carbocycles. The molecule has 2 aromatic rings. The molecule has 0 aliphatic heterocycles. The molecule has 0 bridgehead atoms. The third-order valence-corrected chi connectivity index (χ3v) is 4.09. The first-order chi connectivity index (χ1) is 12.5. The maximum absolute atomic E-state index is 12.8. The van der Waals surface area contributed by atoms with E-state index in [2.05, 4.69) is 36.3 Å². The van der Waals surface area contributed by atoms with Crippen LogP contribution >= 0.6 is 24.0 Å². The van der Waals surface area contributed by atoms with Crippen molar-refractivity contribution in [2.75, 3.05) is 18.5 Å².